The molecular formula is C17H25N3O2S. The first-order valence-corrected chi connectivity index (χ1v) is 8.75. The van der Waals surface area contributed by atoms with Crippen LogP contribution in [-0.2, 0) is 11.2 Å². The standard InChI is InChI=1S/C17H25N3O2S/c1-16(2,3)11-17(4,5)18-13(21)6-7-14-19-20-15(22-14)12-8-9-23-10-12/h8-10H,6-7,11H2,1-5H3,(H,18,21). The van der Waals surface area contributed by atoms with Gasteiger partial charge in [-0.1, -0.05) is 20.8 Å². The highest BCUT2D eigenvalue weighted by molar-refractivity contribution is 7.08. The van der Waals surface area contributed by atoms with Crippen molar-refractivity contribution in [2.24, 2.45) is 5.41 Å². The van der Waals surface area contributed by atoms with Crippen LogP contribution < -0.4 is 5.32 Å². The summed E-state index contributed by atoms with van der Waals surface area (Å²) in [6, 6.07) is 1.93. The summed E-state index contributed by atoms with van der Waals surface area (Å²) >= 11 is 1.58. The average Bonchev–Trinajstić information content (AvgIpc) is 3.03. The third-order valence-corrected chi connectivity index (χ3v) is 3.93. The number of carbonyl (C=O) groups excluding carboxylic acids is 1. The largest absolute Gasteiger partial charge is 0.421 e. The second-order valence-electron chi connectivity index (χ2n) is 7.68. The van der Waals surface area contributed by atoms with Crippen molar-refractivity contribution in [1.29, 1.82) is 0 Å². The minimum atomic E-state index is -0.230. The lowest BCUT2D eigenvalue weighted by atomic mass is 9.82. The van der Waals surface area contributed by atoms with Gasteiger partial charge in [-0.15, -0.1) is 10.2 Å². The molecule has 0 saturated carbocycles. The Morgan fingerprint density at radius 3 is 2.61 bits per heavy atom. The number of rotatable bonds is 6. The minimum Gasteiger partial charge on any atom is -0.421 e. The summed E-state index contributed by atoms with van der Waals surface area (Å²) in [5, 5.41) is 15.0. The van der Waals surface area contributed by atoms with Crippen molar-refractivity contribution >= 4 is 17.2 Å². The molecule has 2 heterocycles. The van der Waals surface area contributed by atoms with Gasteiger partial charge >= 0.3 is 0 Å². The molecule has 6 heteroatoms. The van der Waals surface area contributed by atoms with Crippen LogP contribution in [0.25, 0.3) is 11.5 Å². The van der Waals surface area contributed by atoms with Gasteiger partial charge in [0.05, 0.1) is 0 Å². The molecule has 0 aliphatic rings. The van der Waals surface area contributed by atoms with Crippen molar-refractivity contribution in [1.82, 2.24) is 15.5 Å². The minimum absolute atomic E-state index is 0.00883. The zero-order valence-corrected chi connectivity index (χ0v) is 15.3. The molecule has 0 radical (unpaired) electrons. The zero-order valence-electron chi connectivity index (χ0n) is 14.5. The second-order valence-corrected chi connectivity index (χ2v) is 8.46. The molecule has 0 bridgehead atoms. The Morgan fingerprint density at radius 1 is 1.26 bits per heavy atom. The van der Waals surface area contributed by atoms with E-state index in [-0.39, 0.29) is 16.9 Å². The molecule has 0 aliphatic carbocycles. The van der Waals surface area contributed by atoms with Crippen molar-refractivity contribution in [2.45, 2.75) is 59.4 Å². The van der Waals surface area contributed by atoms with Crippen molar-refractivity contribution in [3.05, 3.63) is 22.7 Å². The van der Waals surface area contributed by atoms with Gasteiger partial charge in [0, 0.05) is 29.3 Å². The van der Waals surface area contributed by atoms with Gasteiger partial charge < -0.3 is 9.73 Å². The van der Waals surface area contributed by atoms with Crippen LogP contribution in [0.3, 0.4) is 0 Å². The molecule has 126 valence electrons. The predicted molar refractivity (Wildman–Crippen MR) is 92.2 cm³/mol. The molecule has 23 heavy (non-hydrogen) atoms. The molecule has 2 rings (SSSR count). The lowest BCUT2D eigenvalue weighted by Crippen LogP contribution is -2.45. The number of hydrogen-bond acceptors (Lipinski definition) is 5. The van der Waals surface area contributed by atoms with Crippen LogP contribution in [0.4, 0.5) is 0 Å². The van der Waals surface area contributed by atoms with Crippen LogP contribution in [0.2, 0.25) is 0 Å². The lowest BCUT2D eigenvalue weighted by Gasteiger charge is -2.33. The van der Waals surface area contributed by atoms with E-state index < -0.39 is 0 Å². The first-order chi connectivity index (χ1) is 10.6. The van der Waals surface area contributed by atoms with Crippen LogP contribution >= 0.6 is 11.3 Å². The molecule has 1 N–H and O–H groups in total. The van der Waals surface area contributed by atoms with Crippen LogP contribution in [0.15, 0.2) is 21.2 Å². The Balaban J connectivity index is 1.85. The fourth-order valence-electron chi connectivity index (χ4n) is 2.89. The molecule has 0 spiro atoms. The van der Waals surface area contributed by atoms with Crippen molar-refractivity contribution in [2.75, 3.05) is 0 Å². The highest BCUT2D eigenvalue weighted by Gasteiger charge is 2.26. The summed E-state index contributed by atoms with van der Waals surface area (Å²) in [5.41, 5.74) is 0.856. The Bertz CT molecular complexity index is 639. The summed E-state index contributed by atoms with van der Waals surface area (Å²) in [6.07, 6.45) is 1.71. The van der Waals surface area contributed by atoms with Crippen LogP contribution in [0, 0.1) is 5.41 Å². The molecular weight excluding hydrogens is 310 g/mol. The quantitative estimate of drug-likeness (QED) is 0.864. The SMILES string of the molecule is CC(C)(C)CC(C)(C)NC(=O)CCc1nnc(-c2ccsc2)o1. The number of nitrogens with zero attached hydrogens (tertiary/aromatic N) is 2. The Labute approximate surface area is 141 Å². The fraction of sp³-hybridized carbons (Fsp3) is 0.588. The maximum atomic E-state index is 12.2. The molecule has 0 fully saturated rings. The predicted octanol–water partition coefficient (Wildman–Crippen LogP) is 4.06. The van der Waals surface area contributed by atoms with Gasteiger partial charge in [-0.05, 0) is 37.1 Å². The Morgan fingerprint density at radius 2 is 2.00 bits per heavy atom. The summed E-state index contributed by atoms with van der Waals surface area (Å²) < 4.78 is 5.59. The fourth-order valence-corrected chi connectivity index (χ4v) is 3.52. The maximum Gasteiger partial charge on any atom is 0.248 e. The Hall–Kier alpha value is -1.69. The monoisotopic (exact) mass is 335 g/mol. The van der Waals surface area contributed by atoms with E-state index in [2.05, 4.69) is 50.1 Å². The van der Waals surface area contributed by atoms with Crippen LogP contribution in [0.1, 0.15) is 53.4 Å². The number of thiophene rings is 1. The van der Waals surface area contributed by atoms with E-state index in [0.717, 1.165) is 12.0 Å². The van der Waals surface area contributed by atoms with E-state index in [1.165, 1.54) is 0 Å². The van der Waals surface area contributed by atoms with Gasteiger partial charge in [-0.3, -0.25) is 4.79 Å². The second kappa shape index (κ2) is 6.83. The highest BCUT2D eigenvalue weighted by atomic mass is 32.1. The molecule has 2 aromatic rings. The van der Waals surface area contributed by atoms with E-state index in [4.69, 9.17) is 4.42 Å². The van der Waals surface area contributed by atoms with E-state index in [9.17, 15) is 4.79 Å². The van der Waals surface area contributed by atoms with Gasteiger partial charge in [-0.25, -0.2) is 0 Å². The van der Waals surface area contributed by atoms with Crippen molar-refractivity contribution in [3.63, 3.8) is 0 Å². The van der Waals surface area contributed by atoms with Gasteiger partial charge in [0.2, 0.25) is 17.7 Å². The van der Waals surface area contributed by atoms with E-state index in [0.29, 0.717) is 24.6 Å². The van der Waals surface area contributed by atoms with Gasteiger partial charge in [0.15, 0.2) is 0 Å². The molecule has 0 aliphatic heterocycles. The van der Waals surface area contributed by atoms with E-state index >= 15 is 0 Å². The number of amides is 1. The molecule has 0 aromatic carbocycles. The molecule has 2 aromatic heterocycles. The van der Waals surface area contributed by atoms with E-state index in [1.54, 1.807) is 11.3 Å². The molecule has 5 nitrogen and oxygen atoms in total. The number of nitrogens with one attached hydrogen (secondary N) is 1. The number of hydrogen-bond donors (Lipinski definition) is 1. The average molecular weight is 335 g/mol. The zero-order chi connectivity index (χ0) is 17.1. The van der Waals surface area contributed by atoms with Crippen molar-refractivity contribution < 1.29 is 9.21 Å². The smallest absolute Gasteiger partial charge is 0.248 e. The van der Waals surface area contributed by atoms with Crippen LogP contribution in [0.5, 0.6) is 0 Å². The third kappa shape index (κ3) is 5.78. The molecule has 0 atom stereocenters. The molecule has 0 saturated heterocycles. The van der Waals surface area contributed by atoms with Crippen LogP contribution in [-0.4, -0.2) is 21.6 Å². The first-order valence-electron chi connectivity index (χ1n) is 7.81. The summed E-state index contributed by atoms with van der Waals surface area (Å²) in [7, 11) is 0. The van der Waals surface area contributed by atoms with Gasteiger partial charge in [0.25, 0.3) is 0 Å². The third-order valence-electron chi connectivity index (χ3n) is 3.25. The number of aromatic nitrogens is 2. The normalized spacial score (nSPS) is 12.4. The molecule has 0 unspecified atom stereocenters. The Kier molecular flexibility index (Phi) is 5.24. The van der Waals surface area contributed by atoms with Gasteiger partial charge in [-0.2, -0.15) is 11.3 Å². The van der Waals surface area contributed by atoms with E-state index in [1.807, 2.05) is 16.8 Å². The summed E-state index contributed by atoms with van der Waals surface area (Å²) in [5.74, 6) is 1.01. The number of aryl methyl sites for hydroxylation is 1. The highest BCUT2D eigenvalue weighted by Crippen LogP contribution is 2.27. The maximum absolute atomic E-state index is 12.2. The molecule has 1 amide bonds. The van der Waals surface area contributed by atoms with Crippen molar-refractivity contribution in [3.8, 4) is 11.5 Å². The first kappa shape index (κ1) is 17.7. The summed E-state index contributed by atoms with van der Waals surface area (Å²) in [4.78, 5) is 12.2. The van der Waals surface area contributed by atoms with Gasteiger partial charge in [0.1, 0.15) is 0 Å². The summed E-state index contributed by atoms with van der Waals surface area (Å²) in [6.45, 7) is 10.6. The lowest BCUT2D eigenvalue weighted by molar-refractivity contribution is -0.123. The number of carbonyl (C=O) groups is 1. The topological polar surface area (TPSA) is 68.0 Å².